The number of rotatable bonds is 6. The summed E-state index contributed by atoms with van der Waals surface area (Å²) in [7, 11) is 2.26. The van der Waals surface area contributed by atoms with Crippen LogP contribution in [0.1, 0.15) is 22.3 Å². The number of benzene rings is 2. The number of aliphatic hydroxyl groups excluding tert-OH is 2. The Morgan fingerprint density at radius 1 is 1.07 bits per heavy atom. The first-order valence-electron chi connectivity index (χ1n) is 13.3. The van der Waals surface area contributed by atoms with Crippen molar-refractivity contribution >= 4 is 38.9 Å². The Hall–Kier alpha value is -4.40. The number of nitrogens with two attached hydrogens (primary N) is 1. The summed E-state index contributed by atoms with van der Waals surface area (Å²) in [5.74, 6) is -7.87. The minimum absolute atomic E-state index is 0.0569. The zero-order valence-electron chi connectivity index (χ0n) is 23.8. The molecule has 0 fully saturated rings. The Bertz CT molecular complexity index is 1750. The Morgan fingerprint density at radius 2 is 1.70 bits per heavy atom. The molecule has 7 N–H and O–H groups in total. The number of aromatic hydroxyl groups is 1. The minimum Gasteiger partial charge on any atom is -0.510 e. The molecule has 0 bridgehead atoms. The van der Waals surface area contributed by atoms with E-state index in [1.807, 2.05) is 0 Å². The van der Waals surface area contributed by atoms with E-state index in [-0.39, 0.29) is 34.6 Å². The number of fused-ring (bicyclic) bond motifs is 3. The Morgan fingerprint density at radius 3 is 2.26 bits per heavy atom. The van der Waals surface area contributed by atoms with Crippen molar-refractivity contribution in [3.05, 3.63) is 70.2 Å². The molecular weight excluding hydrogens is 580 g/mol. The molecular formula is C29H32N4O9S. The fourth-order valence-electron chi connectivity index (χ4n) is 6.58. The third-order valence-electron chi connectivity index (χ3n) is 8.48. The number of likely N-dealkylation sites (N-methyl/N-ethyl adjacent to an activating group) is 1. The van der Waals surface area contributed by atoms with Gasteiger partial charge in [-0.05, 0) is 56.6 Å². The number of carbonyl (C=O) groups excluding carboxylic acids is 3. The monoisotopic (exact) mass is 612 g/mol. The number of allylic oxidation sites excluding steroid dienone is 1. The summed E-state index contributed by atoms with van der Waals surface area (Å²) in [6.07, 6.45) is -0.0108. The lowest BCUT2D eigenvalue weighted by molar-refractivity contribution is -0.148. The van der Waals surface area contributed by atoms with Gasteiger partial charge >= 0.3 is 0 Å². The van der Waals surface area contributed by atoms with Gasteiger partial charge in [-0.3, -0.25) is 24.0 Å². The summed E-state index contributed by atoms with van der Waals surface area (Å²) in [4.78, 5) is 42.8. The molecule has 5 rings (SSSR count). The van der Waals surface area contributed by atoms with Gasteiger partial charge in [-0.2, -0.15) is 0 Å². The van der Waals surface area contributed by atoms with E-state index >= 15 is 0 Å². The van der Waals surface area contributed by atoms with Crippen LogP contribution in [0.2, 0.25) is 0 Å². The molecule has 0 saturated heterocycles. The number of Topliss-reactive ketones (excluding diaryl/α,β-unsaturated/α-hetero) is 2. The van der Waals surface area contributed by atoms with Crippen LogP contribution >= 0.6 is 0 Å². The third kappa shape index (κ3) is 4.36. The van der Waals surface area contributed by atoms with E-state index in [9.17, 15) is 43.2 Å². The van der Waals surface area contributed by atoms with Gasteiger partial charge in [0.25, 0.3) is 15.9 Å². The number of phenolic OH excluding ortho intramolecular Hbond substituents is 1. The van der Waals surface area contributed by atoms with E-state index in [1.54, 1.807) is 39.2 Å². The molecule has 0 heterocycles. The lowest BCUT2D eigenvalue weighted by atomic mass is 9.58. The second-order valence-corrected chi connectivity index (χ2v) is 13.1. The Balaban J connectivity index is 1.70. The molecule has 2 unspecified atom stereocenters. The fourth-order valence-corrected chi connectivity index (χ4v) is 7.66. The smallest absolute Gasteiger partial charge is 0.262 e. The molecule has 43 heavy (non-hydrogen) atoms. The largest absolute Gasteiger partial charge is 0.510 e. The lowest BCUT2D eigenvalue weighted by Gasteiger charge is -2.50. The van der Waals surface area contributed by atoms with Crippen molar-refractivity contribution in [2.75, 3.05) is 37.8 Å². The van der Waals surface area contributed by atoms with Crippen molar-refractivity contribution in [3.63, 3.8) is 0 Å². The molecule has 0 saturated carbocycles. The maximum atomic E-state index is 14.1. The van der Waals surface area contributed by atoms with Gasteiger partial charge in [-0.15, -0.1) is 0 Å². The number of anilines is 2. The third-order valence-corrected chi connectivity index (χ3v) is 9.86. The van der Waals surface area contributed by atoms with E-state index in [1.165, 1.54) is 35.2 Å². The molecule has 2 aromatic carbocycles. The number of amides is 1. The number of primary amides is 1. The van der Waals surface area contributed by atoms with Gasteiger partial charge < -0.3 is 31.1 Å². The van der Waals surface area contributed by atoms with Crippen LogP contribution in [0.15, 0.2) is 64.0 Å². The number of aliphatic hydroxyl groups is 3. The Kier molecular flexibility index (Phi) is 7.07. The van der Waals surface area contributed by atoms with Crippen molar-refractivity contribution in [2.24, 2.45) is 17.6 Å². The molecule has 14 heteroatoms. The number of carbonyl (C=O) groups is 3. The van der Waals surface area contributed by atoms with E-state index < -0.39 is 73.8 Å². The maximum absolute atomic E-state index is 14.1. The topological polar surface area (TPSA) is 211 Å². The van der Waals surface area contributed by atoms with Crippen molar-refractivity contribution in [2.45, 2.75) is 29.4 Å². The van der Waals surface area contributed by atoms with Gasteiger partial charge in [-0.1, -0.05) is 18.2 Å². The predicted octanol–water partition coefficient (Wildman–Crippen LogP) is 0.987. The van der Waals surface area contributed by atoms with Crippen molar-refractivity contribution < 1.29 is 43.2 Å². The normalized spacial score (nSPS) is 25.3. The number of phenols is 1. The quantitative estimate of drug-likeness (QED) is 0.200. The van der Waals surface area contributed by atoms with Gasteiger partial charge in [-0.25, -0.2) is 8.42 Å². The van der Waals surface area contributed by atoms with Crippen molar-refractivity contribution in [3.8, 4) is 5.75 Å². The van der Waals surface area contributed by atoms with Gasteiger partial charge in [0.1, 0.15) is 17.1 Å². The van der Waals surface area contributed by atoms with Crippen LogP contribution < -0.4 is 15.4 Å². The molecule has 0 radical (unpaired) electrons. The first-order chi connectivity index (χ1) is 20.0. The van der Waals surface area contributed by atoms with Gasteiger partial charge in [0.15, 0.2) is 17.1 Å². The summed E-state index contributed by atoms with van der Waals surface area (Å²) >= 11 is 0. The SMILES string of the molecule is CN(C)c1cc(NS(=O)(=O)c2ccccc2)c(O)c2c1CC1CC3[C@H](N(C)C)C(O)=C(C(N)=O)C(=O)[C@@]3(O)C(O)=C1C2=O. The van der Waals surface area contributed by atoms with Crippen LogP contribution in [-0.4, -0.2) is 91.1 Å². The number of sulfonamides is 1. The standard InChI is InChI=1S/C29H32N4O9S/c1-32(2)18-12-17(31-43(41,42)14-8-6-5-7-9-14)23(34)20-15(18)10-13-11-16-22(33(3)4)25(36)21(28(30)39)27(38)29(16,40)26(37)19(13)24(20)35/h5-9,12-13,16,22,31,34,36-37,40H,10-11H2,1-4H3,(H2,30,39)/t13?,16?,22-,29-/m0/s1. The fraction of sp³-hybridized carbons (Fsp3) is 0.345. The molecule has 13 nitrogen and oxygen atoms in total. The van der Waals surface area contributed by atoms with Gasteiger partial charge in [0.2, 0.25) is 5.78 Å². The average molecular weight is 613 g/mol. The van der Waals surface area contributed by atoms with Crippen LogP contribution in [0, 0.1) is 11.8 Å². The summed E-state index contributed by atoms with van der Waals surface area (Å²) in [6, 6.07) is 7.70. The van der Waals surface area contributed by atoms with Gasteiger partial charge in [0.05, 0.1) is 22.2 Å². The number of hydrogen-bond donors (Lipinski definition) is 6. The zero-order chi connectivity index (χ0) is 31.8. The number of ketones is 2. The average Bonchev–Trinajstić information content (AvgIpc) is 2.92. The highest BCUT2D eigenvalue weighted by Crippen LogP contribution is 2.54. The summed E-state index contributed by atoms with van der Waals surface area (Å²) in [6.45, 7) is 0. The van der Waals surface area contributed by atoms with Crippen LogP contribution in [0.5, 0.6) is 5.75 Å². The maximum Gasteiger partial charge on any atom is 0.262 e. The molecule has 3 aliphatic carbocycles. The first kappa shape index (κ1) is 30.1. The van der Waals surface area contributed by atoms with E-state index in [2.05, 4.69) is 4.72 Å². The molecule has 3 aliphatic rings. The number of nitrogens with one attached hydrogen (secondary N) is 1. The minimum atomic E-state index is -4.19. The van der Waals surface area contributed by atoms with Crippen LogP contribution in [0.3, 0.4) is 0 Å². The molecule has 2 aromatic rings. The molecule has 4 atom stereocenters. The highest BCUT2D eigenvalue weighted by atomic mass is 32.2. The summed E-state index contributed by atoms with van der Waals surface area (Å²) < 4.78 is 28.5. The second kappa shape index (κ2) is 10.1. The highest BCUT2D eigenvalue weighted by molar-refractivity contribution is 7.92. The van der Waals surface area contributed by atoms with Crippen molar-refractivity contribution in [1.82, 2.24) is 4.90 Å². The summed E-state index contributed by atoms with van der Waals surface area (Å²) in [5.41, 5.74) is 1.52. The molecule has 228 valence electrons. The lowest BCUT2D eigenvalue weighted by Crippen LogP contribution is -2.63. The van der Waals surface area contributed by atoms with E-state index in [4.69, 9.17) is 5.73 Å². The number of hydrogen-bond acceptors (Lipinski definition) is 11. The second-order valence-electron chi connectivity index (χ2n) is 11.4. The van der Waals surface area contributed by atoms with Crippen LogP contribution in [0.25, 0.3) is 0 Å². The summed E-state index contributed by atoms with van der Waals surface area (Å²) in [5, 5.41) is 45.5. The van der Waals surface area contributed by atoms with E-state index in [0.717, 1.165) is 0 Å². The highest BCUT2D eigenvalue weighted by Gasteiger charge is 2.63. The van der Waals surface area contributed by atoms with Crippen LogP contribution in [0.4, 0.5) is 11.4 Å². The molecule has 0 aromatic heterocycles. The van der Waals surface area contributed by atoms with Gasteiger partial charge in [0, 0.05) is 31.3 Å². The molecule has 1 amide bonds. The number of nitrogens with zero attached hydrogens (tertiary/aromatic N) is 2. The van der Waals surface area contributed by atoms with Crippen LogP contribution in [-0.2, 0) is 26.0 Å². The zero-order valence-corrected chi connectivity index (χ0v) is 24.6. The molecule has 0 spiro atoms. The van der Waals surface area contributed by atoms with E-state index in [0.29, 0.717) is 11.3 Å². The van der Waals surface area contributed by atoms with Crippen molar-refractivity contribution in [1.29, 1.82) is 0 Å². The molecule has 0 aliphatic heterocycles. The predicted molar refractivity (Wildman–Crippen MR) is 155 cm³/mol. The Labute approximate surface area is 247 Å². The first-order valence-corrected chi connectivity index (χ1v) is 14.8.